The summed E-state index contributed by atoms with van der Waals surface area (Å²) in [6.45, 7) is 1.56. The number of aryl methyl sites for hydroxylation is 1. The first-order chi connectivity index (χ1) is 14.6. The SMILES string of the molecule is Cc1nn(-c2cccc(C(F)(F)F)c2)c(Cl)c1/C=C(\C#N)C(=O)Nc1ccccc1Cl. The molecule has 0 spiro atoms. The number of halogens is 5. The summed E-state index contributed by atoms with van der Waals surface area (Å²) in [6, 6.07) is 12.8. The number of rotatable bonds is 4. The highest BCUT2D eigenvalue weighted by Crippen LogP contribution is 2.32. The van der Waals surface area contributed by atoms with Crippen LogP contribution in [0.15, 0.2) is 54.1 Å². The number of hydrogen-bond donors (Lipinski definition) is 1. The van der Waals surface area contributed by atoms with Gasteiger partial charge in [0, 0.05) is 5.56 Å². The maximum atomic E-state index is 13.0. The lowest BCUT2D eigenvalue weighted by molar-refractivity contribution is -0.137. The van der Waals surface area contributed by atoms with Gasteiger partial charge in [-0.05, 0) is 43.3 Å². The van der Waals surface area contributed by atoms with E-state index in [0.29, 0.717) is 16.4 Å². The van der Waals surface area contributed by atoms with Crippen molar-refractivity contribution in [3.63, 3.8) is 0 Å². The highest BCUT2D eigenvalue weighted by molar-refractivity contribution is 6.34. The molecule has 1 heterocycles. The second-order valence-corrected chi connectivity index (χ2v) is 7.12. The van der Waals surface area contributed by atoms with Gasteiger partial charge in [-0.1, -0.05) is 41.4 Å². The summed E-state index contributed by atoms with van der Waals surface area (Å²) in [5, 5.41) is 16.4. The van der Waals surface area contributed by atoms with Crippen LogP contribution in [0.1, 0.15) is 16.8 Å². The van der Waals surface area contributed by atoms with Crippen molar-refractivity contribution in [3.8, 4) is 11.8 Å². The first kappa shape index (κ1) is 22.4. The number of nitriles is 1. The Bertz CT molecular complexity index is 1230. The first-order valence-corrected chi connectivity index (χ1v) is 9.48. The number of para-hydroxylation sites is 1. The third-order valence-electron chi connectivity index (χ3n) is 4.24. The van der Waals surface area contributed by atoms with Crippen LogP contribution in [0.2, 0.25) is 10.2 Å². The Labute approximate surface area is 185 Å². The Morgan fingerprint density at radius 1 is 1.19 bits per heavy atom. The molecule has 1 aromatic heterocycles. The van der Waals surface area contributed by atoms with Gasteiger partial charge in [-0.3, -0.25) is 4.79 Å². The number of amides is 1. The van der Waals surface area contributed by atoms with E-state index in [9.17, 15) is 23.2 Å². The van der Waals surface area contributed by atoms with Crippen LogP contribution in [0.4, 0.5) is 18.9 Å². The van der Waals surface area contributed by atoms with Crippen LogP contribution >= 0.6 is 23.2 Å². The minimum absolute atomic E-state index is 0.0462. The van der Waals surface area contributed by atoms with E-state index in [2.05, 4.69) is 10.4 Å². The van der Waals surface area contributed by atoms with E-state index in [1.54, 1.807) is 37.3 Å². The zero-order chi connectivity index (χ0) is 22.8. The number of anilines is 1. The maximum Gasteiger partial charge on any atom is 0.416 e. The molecule has 10 heteroatoms. The molecule has 0 aliphatic heterocycles. The van der Waals surface area contributed by atoms with Crippen molar-refractivity contribution >= 4 is 40.9 Å². The van der Waals surface area contributed by atoms with Crippen LogP contribution < -0.4 is 5.32 Å². The molecule has 0 radical (unpaired) electrons. The zero-order valence-corrected chi connectivity index (χ0v) is 17.3. The van der Waals surface area contributed by atoms with Crippen molar-refractivity contribution in [3.05, 3.63) is 81.1 Å². The number of benzene rings is 2. The third kappa shape index (κ3) is 4.90. The Morgan fingerprint density at radius 2 is 1.90 bits per heavy atom. The van der Waals surface area contributed by atoms with Crippen molar-refractivity contribution in [2.24, 2.45) is 0 Å². The monoisotopic (exact) mass is 464 g/mol. The summed E-state index contributed by atoms with van der Waals surface area (Å²) in [5.74, 6) is -0.724. The molecule has 0 atom stereocenters. The topological polar surface area (TPSA) is 70.7 Å². The molecule has 3 aromatic rings. The lowest BCUT2D eigenvalue weighted by Gasteiger charge is -2.09. The molecule has 1 amide bonds. The van der Waals surface area contributed by atoms with E-state index < -0.39 is 17.6 Å². The molecule has 2 aromatic carbocycles. The molecular weight excluding hydrogens is 452 g/mol. The van der Waals surface area contributed by atoms with Crippen LogP contribution in [-0.2, 0) is 11.0 Å². The van der Waals surface area contributed by atoms with E-state index in [1.165, 1.54) is 18.2 Å². The Morgan fingerprint density at radius 3 is 2.55 bits per heavy atom. The summed E-state index contributed by atoms with van der Waals surface area (Å²) in [7, 11) is 0. The first-order valence-electron chi connectivity index (χ1n) is 8.72. The third-order valence-corrected chi connectivity index (χ3v) is 4.94. The van der Waals surface area contributed by atoms with Gasteiger partial charge < -0.3 is 5.32 Å². The molecule has 158 valence electrons. The highest BCUT2D eigenvalue weighted by Gasteiger charge is 2.31. The number of nitrogens with one attached hydrogen (secondary N) is 1. The fourth-order valence-electron chi connectivity index (χ4n) is 2.71. The van der Waals surface area contributed by atoms with Gasteiger partial charge in [0.15, 0.2) is 0 Å². The number of carbonyl (C=O) groups excluding carboxylic acids is 1. The molecule has 0 unspecified atom stereocenters. The van der Waals surface area contributed by atoms with Gasteiger partial charge in [-0.2, -0.15) is 23.5 Å². The van der Waals surface area contributed by atoms with Gasteiger partial charge >= 0.3 is 6.18 Å². The lowest BCUT2D eigenvalue weighted by atomic mass is 10.1. The van der Waals surface area contributed by atoms with Crippen molar-refractivity contribution < 1.29 is 18.0 Å². The fourth-order valence-corrected chi connectivity index (χ4v) is 3.22. The molecule has 0 saturated heterocycles. The Kier molecular flexibility index (Phi) is 6.39. The second kappa shape index (κ2) is 8.84. The molecular formula is C21H13Cl2F3N4O. The van der Waals surface area contributed by atoms with Gasteiger partial charge in [0.05, 0.1) is 27.7 Å². The average molecular weight is 465 g/mol. The molecule has 0 aliphatic carbocycles. The molecule has 3 rings (SSSR count). The van der Waals surface area contributed by atoms with Gasteiger partial charge in [0.2, 0.25) is 0 Å². The van der Waals surface area contributed by atoms with Gasteiger partial charge in [-0.15, -0.1) is 0 Å². The predicted molar refractivity (Wildman–Crippen MR) is 112 cm³/mol. The summed E-state index contributed by atoms with van der Waals surface area (Å²) < 4.78 is 40.2. The molecule has 31 heavy (non-hydrogen) atoms. The van der Waals surface area contributed by atoms with E-state index in [4.69, 9.17) is 23.2 Å². The van der Waals surface area contributed by atoms with E-state index in [-0.39, 0.29) is 22.0 Å². The molecule has 0 aliphatic rings. The smallest absolute Gasteiger partial charge is 0.320 e. The van der Waals surface area contributed by atoms with Gasteiger partial charge in [0.25, 0.3) is 5.91 Å². The van der Waals surface area contributed by atoms with Crippen LogP contribution in [0, 0.1) is 18.3 Å². The van der Waals surface area contributed by atoms with Crippen LogP contribution in [0.25, 0.3) is 11.8 Å². The minimum Gasteiger partial charge on any atom is -0.320 e. The van der Waals surface area contributed by atoms with Gasteiger partial charge in [-0.25, -0.2) is 4.68 Å². The summed E-state index contributed by atoms with van der Waals surface area (Å²) >= 11 is 12.3. The van der Waals surface area contributed by atoms with Crippen LogP contribution in [-0.4, -0.2) is 15.7 Å². The molecule has 1 N–H and O–H groups in total. The van der Waals surface area contributed by atoms with Crippen molar-refractivity contribution in [1.29, 1.82) is 5.26 Å². The quantitative estimate of drug-likeness (QED) is 0.377. The lowest BCUT2D eigenvalue weighted by Crippen LogP contribution is -2.13. The standard InChI is InChI=1S/C21H13Cl2F3N4O/c1-12-16(9-13(11-27)20(31)28-18-8-3-2-7-17(18)22)19(23)30(29-12)15-6-4-5-14(10-15)21(24,25)26/h2-10H,1H3,(H,28,31)/b13-9+. The molecule has 0 fully saturated rings. The van der Waals surface area contributed by atoms with E-state index in [1.807, 2.05) is 0 Å². The van der Waals surface area contributed by atoms with E-state index in [0.717, 1.165) is 16.8 Å². The highest BCUT2D eigenvalue weighted by atomic mass is 35.5. The summed E-state index contributed by atoms with van der Waals surface area (Å²) in [6.07, 6.45) is -3.31. The normalized spacial score (nSPS) is 11.8. The number of alkyl halides is 3. The van der Waals surface area contributed by atoms with Crippen LogP contribution in [0.5, 0.6) is 0 Å². The van der Waals surface area contributed by atoms with Crippen molar-refractivity contribution in [2.75, 3.05) is 5.32 Å². The minimum atomic E-state index is -4.53. The number of hydrogen-bond acceptors (Lipinski definition) is 3. The molecule has 0 saturated carbocycles. The Hall–Kier alpha value is -3.28. The zero-order valence-electron chi connectivity index (χ0n) is 15.8. The molecule has 0 bridgehead atoms. The van der Waals surface area contributed by atoms with Crippen molar-refractivity contribution in [1.82, 2.24) is 9.78 Å². The summed E-state index contributed by atoms with van der Waals surface area (Å²) in [5.41, 5.74) is -0.193. The number of aromatic nitrogens is 2. The van der Waals surface area contributed by atoms with Crippen LogP contribution in [0.3, 0.4) is 0 Å². The van der Waals surface area contributed by atoms with Crippen molar-refractivity contribution in [2.45, 2.75) is 13.1 Å². The number of carbonyl (C=O) groups is 1. The summed E-state index contributed by atoms with van der Waals surface area (Å²) in [4.78, 5) is 12.5. The fraction of sp³-hybridized carbons (Fsp3) is 0.0952. The van der Waals surface area contributed by atoms with E-state index >= 15 is 0 Å². The largest absolute Gasteiger partial charge is 0.416 e. The second-order valence-electron chi connectivity index (χ2n) is 6.35. The van der Waals surface area contributed by atoms with Gasteiger partial charge in [0.1, 0.15) is 16.8 Å². The Balaban J connectivity index is 1.98. The predicted octanol–water partition coefficient (Wildman–Crippen LogP) is 6.05. The molecule has 5 nitrogen and oxygen atoms in total. The average Bonchev–Trinajstić information content (AvgIpc) is 3.01. The number of nitrogens with zero attached hydrogens (tertiary/aromatic N) is 3. The maximum absolute atomic E-state index is 13.0.